The van der Waals surface area contributed by atoms with Crippen molar-refractivity contribution >= 4 is 22.7 Å². The van der Waals surface area contributed by atoms with Crippen molar-refractivity contribution in [3.63, 3.8) is 0 Å². The van der Waals surface area contributed by atoms with E-state index in [1.165, 1.54) is 48.3 Å². The number of unbranched alkanes of at least 4 members (excludes halogenated alkanes) is 6. The predicted octanol–water partition coefficient (Wildman–Crippen LogP) is 7.39. The van der Waals surface area contributed by atoms with Crippen LogP contribution in [0.15, 0.2) is 22.9 Å². The smallest absolute Gasteiger partial charge is 0.138 e. The molecule has 0 amide bonds. The maximum Gasteiger partial charge on any atom is 0.138 e. The minimum atomic E-state index is 0.815. The lowest BCUT2D eigenvalue weighted by Crippen LogP contribution is -1.97. The van der Waals surface area contributed by atoms with E-state index in [0.29, 0.717) is 0 Å². The second-order valence-corrected chi connectivity index (χ2v) is 7.91. The first-order valence-electron chi connectivity index (χ1n) is 9.27. The molecule has 2 heterocycles. The number of rotatable bonds is 13. The lowest BCUT2D eigenvalue weighted by Gasteiger charge is -2.06. The molecule has 0 unspecified atom stereocenters. The Morgan fingerprint density at radius 1 is 0.833 bits per heavy atom. The summed E-state index contributed by atoms with van der Waals surface area (Å²) in [6.45, 7) is 6.10. The van der Waals surface area contributed by atoms with Crippen molar-refractivity contribution in [2.75, 3.05) is 13.2 Å². The third kappa shape index (κ3) is 6.48. The van der Waals surface area contributed by atoms with Crippen LogP contribution in [0.1, 0.15) is 65.2 Å². The molecule has 2 aromatic heterocycles. The molecule has 0 saturated carbocycles. The Balaban J connectivity index is 1.80. The SMILES string of the molecule is CCCCCCOc1csc(-c2sccc2OCCCCCC)c1. The molecule has 4 heteroatoms. The molecule has 0 aliphatic rings. The zero-order valence-corrected chi connectivity index (χ0v) is 16.6. The average Bonchev–Trinajstić information content (AvgIpc) is 3.23. The van der Waals surface area contributed by atoms with Crippen molar-refractivity contribution < 1.29 is 9.47 Å². The fourth-order valence-corrected chi connectivity index (χ4v) is 4.34. The molecule has 0 fully saturated rings. The first-order chi connectivity index (χ1) is 11.8. The van der Waals surface area contributed by atoms with E-state index in [4.69, 9.17) is 9.47 Å². The van der Waals surface area contributed by atoms with Gasteiger partial charge in [-0.3, -0.25) is 0 Å². The van der Waals surface area contributed by atoms with Crippen LogP contribution in [0.25, 0.3) is 9.75 Å². The van der Waals surface area contributed by atoms with Gasteiger partial charge in [0.15, 0.2) is 0 Å². The molecule has 2 rings (SSSR count). The number of thiophene rings is 2. The highest BCUT2D eigenvalue weighted by Crippen LogP contribution is 2.40. The van der Waals surface area contributed by atoms with Gasteiger partial charge in [-0.1, -0.05) is 52.4 Å². The van der Waals surface area contributed by atoms with Crippen LogP contribution in [0.3, 0.4) is 0 Å². The van der Waals surface area contributed by atoms with Crippen molar-refractivity contribution in [2.24, 2.45) is 0 Å². The Kier molecular flexibility index (Phi) is 9.29. The first kappa shape index (κ1) is 19.3. The van der Waals surface area contributed by atoms with E-state index >= 15 is 0 Å². The fraction of sp³-hybridized carbons (Fsp3) is 0.600. The third-order valence-electron chi connectivity index (χ3n) is 3.95. The maximum absolute atomic E-state index is 5.99. The molecule has 0 aromatic carbocycles. The van der Waals surface area contributed by atoms with Gasteiger partial charge < -0.3 is 9.47 Å². The first-order valence-corrected chi connectivity index (χ1v) is 11.0. The van der Waals surface area contributed by atoms with Gasteiger partial charge in [-0.2, -0.15) is 0 Å². The molecule has 0 aliphatic heterocycles. The molecule has 0 N–H and O–H groups in total. The normalized spacial score (nSPS) is 10.9. The molecule has 0 atom stereocenters. The molecule has 0 aliphatic carbocycles. The summed E-state index contributed by atoms with van der Waals surface area (Å²) in [5.41, 5.74) is 0. The Morgan fingerprint density at radius 2 is 1.54 bits per heavy atom. The van der Waals surface area contributed by atoms with E-state index in [0.717, 1.165) is 37.6 Å². The van der Waals surface area contributed by atoms with Crippen molar-refractivity contribution in [1.29, 1.82) is 0 Å². The highest BCUT2D eigenvalue weighted by molar-refractivity contribution is 7.20. The molecule has 2 nitrogen and oxygen atoms in total. The van der Waals surface area contributed by atoms with Gasteiger partial charge in [0.05, 0.1) is 23.0 Å². The standard InChI is InChI=1S/C20H30O2S2/c1-3-5-7-9-12-21-17-15-19(24-16-17)20-18(11-14-23-20)22-13-10-8-6-4-2/h11,14-16H,3-10,12-13H2,1-2H3. The largest absolute Gasteiger partial charge is 0.493 e. The second kappa shape index (κ2) is 11.5. The van der Waals surface area contributed by atoms with Crippen LogP contribution < -0.4 is 9.47 Å². The van der Waals surface area contributed by atoms with E-state index < -0.39 is 0 Å². The van der Waals surface area contributed by atoms with Gasteiger partial charge in [-0.15, -0.1) is 22.7 Å². The average molecular weight is 367 g/mol. The number of ether oxygens (including phenoxy) is 2. The molecule has 0 radical (unpaired) electrons. The van der Waals surface area contributed by atoms with Crippen LogP contribution in [0.4, 0.5) is 0 Å². The van der Waals surface area contributed by atoms with E-state index in [2.05, 4.69) is 36.7 Å². The van der Waals surface area contributed by atoms with Crippen LogP contribution in [0.2, 0.25) is 0 Å². The van der Waals surface area contributed by atoms with E-state index in [9.17, 15) is 0 Å². The van der Waals surface area contributed by atoms with Crippen LogP contribution in [-0.4, -0.2) is 13.2 Å². The molecule has 2 aromatic rings. The Morgan fingerprint density at radius 3 is 2.25 bits per heavy atom. The van der Waals surface area contributed by atoms with Gasteiger partial charge >= 0.3 is 0 Å². The predicted molar refractivity (Wildman–Crippen MR) is 107 cm³/mol. The van der Waals surface area contributed by atoms with Crippen LogP contribution in [0, 0.1) is 0 Å². The monoisotopic (exact) mass is 366 g/mol. The van der Waals surface area contributed by atoms with Gasteiger partial charge in [-0.25, -0.2) is 0 Å². The zero-order valence-electron chi connectivity index (χ0n) is 15.0. The molecular weight excluding hydrogens is 336 g/mol. The maximum atomic E-state index is 5.99. The molecule has 0 saturated heterocycles. The van der Waals surface area contributed by atoms with Gasteiger partial charge in [0.25, 0.3) is 0 Å². The summed E-state index contributed by atoms with van der Waals surface area (Å²) in [5.74, 6) is 2.02. The third-order valence-corrected chi connectivity index (χ3v) is 5.93. The summed E-state index contributed by atoms with van der Waals surface area (Å²) < 4.78 is 11.9. The Bertz CT molecular complexity index is 559. The van der Waals surface area contributed by atoms with E-state index in [1.54, 1.807) is 22.7 Å². The minimum absolute atomic E-state index is 0.815. The van der Waals surface area contributed by atoms with Crippen LogP contribution >= 0.6 is 22.7 Å². The lowest BCUT2D eigenvalue weighted by molar-refractivity contribution is 0.306. The van der Waals surface area contributed by atoms with Crippen LogP contribution in [-0.2, 0) is 0 Å². The minimum Gasteiger partial charge on any atom is -0.493 e. The van der Waals surface area contributed by atoms with Crippen LogP contribution in [0.5, 0.6) is 11.5 Å². The number of hydrogen-bond acceptors (Lipinski definition) is 4. The molecular formula is C20H30O2S2. The molecule has 0 spiro atoms. The quantitative estimate of drug-likeness (QED) is 0.344. The topological polar surface area (TPSA) is 18.5 Å². The zero-order chi connectivity index (χ0) is 17.0. The summed E-state index contributed by atoms with van der Waals surface area (Å²) >= 11 is 3.49. The summed E-state index contributed by atoms with van der Waals surface area (Å²) in [5, 5.41) is 4.22. The van der Waals surface area contributed by atoms with Gasteiger partial charge in [0.2, 0.25) is 0 Å². The van der Waals surface area contributed by atoms with Crippen molar-refractivity contribution in [2.45, 2.75) is 65.2 Å². The van der Waals surface area contributed by atoms with E-state index in [-0.39, 0.29) is 0 Å². The van der Waals surface area contributed by atoms with Gasteiger partial charge in [-0.05, 0) is 30.4 Å². The fourth-order valence-electron chi connectivity index (χ4n) is 2.53. The lowest BCUT2D eigenvalue weighted by atomic mass is 10.2. The summed E-state index contributed by atoms with van der Waals surface area (Å²) in [6, 6.07) is 4.24. The molecule has 24 heavy (non-hydrogen) atoms. The van der Waals surface area contributed by atoms with Gasteiger partial charge in [0.1, 0.15) is 11.5 Å². The van der Waals surface area contributed by atoms with Crippen molar-refractivity contribution in [3.05, 3.63) is 22.9 Å². The van der Waals surface area contributed by atoms with Crippen molar-refractivity contribution in [1.82, 2.24) is 0 Å². The van der Waals surface area contributed by atoms with Crippen molar-refractivity contribution in [3.8, 4) is 21.3 Å². The van der Waals surface area contributed by atoms with Gasteiger partial charge in [0, 0.05) is 5.38 Å². The molecule has 0 bridgehead atoms. The summed E-state index contributed by atoms with van der Waals surface area (Å²) in [6.07, 6.45) is 9.92. The summed E-state index contributed by atoms with van der Waals surface area (Å²) in [4.78, 5) is 2.48. The number of hydrogen-bond donors (Lipinski definition) is 0. The van der Waals surface area contributed by atoms with E-state index in [1.807, 2.05) is 0 Å². The Hall–Kier alpha value is -1.00. The summed E-state index contributed by atoms with van der Waals surface area (Å²) in [7, 11) is 0. The highest BCUT2D eigenvalue weighted by atomic mass is 32.1. The Labute approximate surface area is 154 Å². The molecule has 134 valence electrons. The second-order valence-electron chi connectivity index (χ2n) is 6.08. The highest BCUT2D eigenvalue weighted by Gasteiger charge is 2.11.